The summed E-state index contributed by atoms with van der Waals surface area (Å²) in [5, 5.41) is 13.7. The Hall–Kier alpha value is -3.25. The lowest BCUT2D eigenvalue weighted by molar-refractivity contribution is -0.139. The summed E-state index contributed by atoms with van der Waals surface area (Å²) in [7, 11) is 1.43. The molecule has 35 heavy (non-hydrogen) atoms. The van der Waals surface area contributed by atoms with E-state index in [-0.39, 0.29) is 34.3 Å². The molecule has 1 aliphatic carbocycles. The van der Waals surface area contributed by atoms with E-state index in [1.165, 1.54) is 7.11 Å². The first-order valence-corrected chi connectivity index (χ1v) is 12.0. The molecule has 1 atom stereocenters. The van der Waals surface area contributed by atoms with Crippen LogP contribution in [0.1, 0.15) is 50.7 Å². The van der Waals surface area contributed by atoms with Crippen molar-refractivity contribution in [1.29, 1.82) is 0 Å². The Morgan fingerprint density at radius 2 is 1.91 bits per heavy atom. The fourth-order valence-corrected chi connectivity index (χ4v) is 5.16. The molecule has 0 aromatic heterocycles. The summed E-state index contributed by atoms with van der Waals surface area (Å²) in [6.45, 7) is 6.13. The molecule has 1 heterocycles. The number of methoxy groups -OCH3 is 1. The number of allylic oxidation sites excluding steroid dienone is 3. The second kappa shape index (κ2) is 9.78. The number of phenols is 1. The Morgan fingerprint density at radius 3 is 2.60 bits per heavy atom. The van der Waals surface area contributed by atoms with Crippen molar-refractivity contribution in [2.45, 2.75) is 46.0 Å². The van der Waals surface area contributed by atoms with Crippen molar-refractivity contribution in [2.24, 2.45) is 5.41 Å². The molecule has 2 aliphatic rings. The van der Waals surface area contributed by atoms with Crippen LogP contribution in [0.25, 0.3) is 0 Å². The van der Waals surface area contributed by atoms with Crippen molar-refractivity contribution in [3.63, 3.8) is 0 Å². The Morgan fingerprint density at radius 1 is 1.20 bits per heavy atom. The van der Waals surface area contributed by atoms with Gasteiger partial charge in [-0.25, -0.2) is 4.79 Å². The van der Waals surface area contributed by atoms with Crippen LogP contribution in [0.2, 0.25) is 5.02 Å². The van der Waals surface area contributed by atoms with Crippen molar-refractivity contribution >= 4 is 23.4 Å². The van der Waals surface area contributed by atoms with Gasteiger partial charge in [-0.1, -0.05) is 55.8 Å². The predicted octanol–water partition coefficient (Wildman–Crippen LogP) is 5.44. The largest absolute Gasteiger partial charge is 0.503 e. The number of esters is 1. The average Bonchev–Trinajstić information content (AvgIpc) is 2.79. The number of dihydropyridines is 1. The van der Waals surface area contributed by atoms with Crippen LogP contribution in [0.4, 0.5) is 0 Å². The first kappa shape index (κ1) is 24.9. The topological polar surface area (TPSA) is 84.9 Å². The summed E-state index contributed by atoms with van der Waals surface area (Å²) < 4.78 is 11.0. The Balaban J connectivity index is 1.74. The molecule has 0 spiro atoms. The number of benzene rings is 2. The number of carbonyl (C=O) groups is 2. The molecule has 0 saturated heterocycles. The van der Waals surface area contributed by atoms with Crippen molar-refractivity contribution in [3.8, 4) is 11.5 Å². The van der Waals surface area contributed by atoms with E-state index in [2.05, 4.69) is 19.2 Å². The van der Waals surface area contributed by atoms with Gasteiger partial charge in [0.2, 0.25) is 0 Å². The van der Waals surface area contributed by atoms with Gasteiger partial charge >= 0.3 is 5.97 Å². The van der Waals surface area contributed by atoms with E-state index in [0.29, 0.717) is 41.7 Å². The smallest absolute Gasteiger partial charge is 0.336 e. The number of aromatic hydroxyl groups is 1. The summed E-state index contributed by atoms with van der Waals surface area (Å²) in [5.74, 6) is -1.23. The molecule has 2 N–H and O–H groups in total. The lowest BCUT2D eigenvalue weighted by Gasteiger charge is -2.39. The quantitative estimate of drug-likeness (QED) is 0.519. The summed E-state index contributed by atoms with van der Waals surface area (Å²) >= 11 is 6.31. The number of hydrogen-bond donors (Lipinski definition) is 2. The van der Waals surface area contributed by atoms with Crippen LogP contribution < -0.4 is 10.1 Å². The van der Waals surface area contributed by atoms with Crippen LogP contribution >= 0.6 is 11.6 Å². The van der Waals surface area contributed by atoms with Crippen molar-refractivity contribution in [2.75, 3.05) is 13.7 Å². The van der Waals surface area contributed by atoms with Crippen LogP contribution in [0.3, 0.4) is 0 Å². The molecule has 0 unspecified atom stereocenters. The Labute approximate surface area is 210 Å². The van der Waals surface area contributed by atoms with Gasteiger partial charge in [0.15, 0.2) is 17.3 Å². The first-order valence-electron chi connectivity index (χ1n) is 11.6. The van der Waals surface area contributed by atoms with Gasteiger partial charge in [0, 0.05) is 35.7 Å². The number of rotatable bonds is 6. The fraction of sp³-hybridized carbons (Fsp3) is 0.357. The molecule has 7 heteroatoms. The van der Waals surface area contributed by atoms with Gasteiger partial charge < -0.3 is 19.9 Å². The summed E-state index contributed by atoms with van der Waals surface area (Å²) in [5.41, 5.74) is 3.77. The predicted molar refractivity (Wildman–Crippen MR) is 134 cm³/mol. The van der Waals surface area contributed by atoms with Crippen LogP contribution in [0.15, 0.2) is 65.0 Å². The minimum atomic E-state index is -0.689. The molecular formula is C28H30ClNO5. The molecule has 1 aliphatic heterocycles. The monoisotopic (exact) mass is 495 g/mol. The van der Waals surface area contributed by atoms with Gasteiger partial charge in [-0.2, -0.15) is 0 Å². The third kappa shape index (κ3) is 5.08. The lowest BCUT2D eigenvalue weighted by atomic mass is 9.68. The number of hydrogen-bond acceptors (Lipinski definition) is 6. The van der Waals surface area contributed by atoms with Gasteiger partial charge in [-0.3, -0.25) is 4.79 Å². The second-order valence-electron chi connectivity index (χ2n) is 9.85. The molecule has 0 saturated carbocycles. The van der Waals surface area contributed by atoms with E-state index >= 15 is 0 Å². The molecule has 6 nitrogen and oxygen atoms in total. The highest BCUT2D eigenvalue weighted by Crippen LogP contribution is 2.48. The van der Waals surface area contributed by atoms with E-state index in [1.807, 2.05) is 37.3 Å². The molecule has 4 rings (SSSR count). The van der Waals surface area contributed by atoms with Crippen LogP contribution in [-0.2, 0) is 20.7 Å². The Kier molecular flexibility index (Phi) is 6.95. The normalized spacial score (nSPS) is 19.2. The number of ether oxygens (including phenoxy) is 2. The highest BCUT2D eigenvalue weighted by atomic mass is 35.5. The number of nitrogens with one attached hydrogen (secondary N) is 1. The average molecular weight is 496 g/mol. The molecule has 0 radical (unpaired) electrons. The van der Waals surface area contributed by atoms with Gasteiger partial charge in [0.25, 0.3) is 0 Å². The Bertz CT molecular complexity index is 1230. The van der Waals surface area contributed by atoms with Gasteiger partial charge in [-0.05, 0) is 42.0 Å². The zero-order valence-corrected chi connectivity index (χ0v) is 21.2. The highest BCUT2D eigenvalue weighted by Gasteiger charge is 2.43. The van der Waals surface area contributed by atoms with E-state index in [9.17, 15) is 14.7 Å². The van der Waals surface area contributed by atoms with Crippen LogP contribution in [0, 0.1) is 5.41 Å². The number of carbonyl (C=O) groups excluding carboxylic acids is 2. The molecule has 0 amide bonds. The third-order valence-corrected chi connectivity index (χ3v) is 6.82. The van der Waals surface area contributed by atoms with Gasteiger partial charge in [0.1, 0.15) is 0 Å². The van der Waals surface area contributed by atoms with Gasteiger partial charge in [-0.15, -0.1) is 0 Å². The molecular weight excluding hydrogens is 466 g/mol. The maximum Gasteiger partial charge on any atom is 0.336 e. The molecule has 184 valence electrons. The summed E-state index contributed by atoms with van der Waals surface area (Å²) in [4.78, 5) is 26.9. The van der Waals surface area contributed by atoms with Crippen molar-refractivity contribution in [3.05, 3.63) is 81.2 Å². The second-order valence-corrected chi connectivity index (χ2v) is 10.3. The molecule has 0 fully saturated rings. The van der Waals surface area contributed by atoms with Crippen LogP contribution in [-0.4, -0.2) is 30.6 Å². The van der Waals surface area contributed by atoms with Gasteiger partial charge in [0.05, 0.1) is 24.3 Å². The van der Waals surface area contributed by atoms with Crippen molar-refractivity contribution < 1.29 is 24.2 Å². The summed E-state index contributed by atoms with van der Waals surface area (Å²) in [6.07, 6.45) is 1.61. The zero-order valence-electron chi connectivity index (χ0n) is 20.4. The maximum atomic E-state index is 13.4. The fourth-order valence-electron chi connectivity index (χ4n) is 4.94. The number of Topliss-reactive ketones (excluding diaryl/α,β-unsaturated/α-hetero) is 1. The lowest BCUT2D eigenvalue weighted by Crippen LogP contribution is -2.38. The van der Waals surface area contributed by atoms with Crippen LogP contribution in [0.5, 0.6) is 11.5 Å². The highest BCUT2D eigenvalue weighted by molar-refractivity contribution is 6.32. The number of phenolic OH excluding ortho intramolecular Hbond substituents is 1. The third-order valence-electron chi connectivity index (χ3n) is 6.53. The number of ketones is 1. The molecule has 2 aromatic rings. The SMILES string of the molecule is COc1cc([C@@H]2C(C(=O)OCCc3ccccc3)=C(C)NC3=C2C(=O)CC(C)(C)C3)cc(Cl)c1O. The standard InChI is InChI=1S/C28H30ClNO5/c1-16-23(27(33)35-11-10-17-8-6-5-7-9-17)24(18-12-19(29)26(32)22(13-18)34-4)25-20(30-16)14-28(2,3)15-21(25)31/h5-9,12-13,24,30,32H,10-11,14-15H2,1-4H3/t24-/m1/s1. The maximum absolute atomic E-state index is 13.4. The van der Waals surface area contributed by atoms with Crippen molar-refractivity contribution in [1.82, 2.24) is 5.32 Å². The molecule has 2 aromatic carbocycles. The van der Waals surface area contributed by atoms with E-state index in [1.54, 1.807) is 12.1 Å². The minimum absolute atomic E-state index is 0.0287. The molecule has 0 bridgehead atoms. The van der Waals surface area contributed by atoms with E-state index < -0.39 is 11.9 Å². The van der Waals surface area contributed by atoms with E-state index in [4.69, 9.17) is 21.1 Å². The summed E-state index contributed by atoms with van der Waals surface area (Å²) in [6, 6.07) is 13.0. The number of halogens is 1. The first-order chi connectivity index (χ1) is 16.6. The minimum Gasteiger partial charge on any atom is -0.503 e. The van der Waals surface area contributed by atoms with E-state index in [0.717, 1.165) is 11.3 Å². The zero-order chi connectivity index (χ0) is 25.3.